The summed E-state index contributed by atoms with van der Waals surface area (Å²) < 4.78 is 37.9. The third-order valence-corrected chi connectivity index (χ3v) is 8.13. The van der Waals surface area contributed by atoms with Crippen LogP contribution in [0.1, 0.15) is 55.3 Å². The van der Waals surface area contributed by atoms with Gasteiger partial charge in [-0.3, -0.25) is 4.79 Å². The van der Waals surface area contributed by atoms with Crippen molar-refractivity contribution in [2.45, 2.75) is 68.9 Å². The second-order valence-corrected chi connectivity index (χ2v) is 11.1. The molecule has 3 N–H and O–H groups in total. The molecule has 0 spiro atoms. The molecule has 10 nitrogen and oxygen atoms in total. The van der Waals surface area contributed by atoms with E-state index in [0.29, 0.717) is 38.0 Å². The Morgan fingerprint density at radius 3 is 2.74 bits per heavy atom. The van der Waals surface area contributed by atoms with E-state index in [0.717, 1.165) is 56.4 Å². The minimum absolute atomic E-state index is 0.108. The number of hydrogen-bond acceptors (Lipinski definition) is 8. The van der Waals surface area contributed by atoms with Gasteiger partial charge in [-0.25, -0.2) is 23.5 Å². The van der Waals surface area contributed by atoms with Crippen molar-refractivity contribution in [3.05, 3.63) is 47.0 Å². The molecule has 2 aromatic rings. The van der Waals surface area contributed by atoms with Crippen LogP contribution in [0.5, 0.6) is 5.88 Å². The van der Waals surface area contributed by atoms with Crippen molar-refractivity contribution < 1.29 is 33.0 Å². The molecule has 2 atom stereocenters. The Balaban J connectivity index is 1.34. The molecule has 1 amide bonds. The van der Waals surface area contributed by atoms with Crippen LogP contribution in [0.3, 0.4) is 0 Å². The molecule has 1 fully saturated rings. The van der Waals surface area contributed by atoms with Crippen LogP contribution < -0.4 is 15.4 Å². The molecule has 230 valence electrons. The monoisotopic (exact) mass is 589 g/mol. The summed E-state index contributed by atoms with van der Waals surface area (Å²) in [7, 11) is 2.83. The van der Waals surface area contributed by atoms with Gasteiger partial charge in [0.25, 0.3) is 0 Å². The number of carbonyl (C=O) groups is 2. The van der Waals surface area contributed by atoms with Gasteiger partial charge in [0.05, 0.1) is 24.8 Å². The molecule has 1 saturated carbocycles. The summed E-state index contributed by atoms with van der Waals surface area (Å²) in [5, 5.41) is 15.9. The zero-order valence-corrected chi connectivity index (χ0v) is 24.3. The van der Waals surface area contributed by atoms with Crippen molar-refractivity contribution in [2.24, 2.45) is 0 Å². The number of ether oxygens (including phenoxy) is 2. The van der Waals surface area contributed by atoms with Crippen LogP contribution in [0, 0.1) is 5.82 Å². The van der Waals surface area contributed by atoms with E-state index in [9.17, 15) is 23.5 Å². The van der Waals surface area contributed by atoms with Gasteiger partial charge < -0.3 is 30.1 Å². The van der Waals surface area contributed by atoms with E-state index in [1.165, 1.54) is 25.8 Å². The van der Waals surface area contributed by atoms with Crippen LogP contribution in [-0.2, 0) is 32.6 Å². The van der Waals surface area contributed by atoms with Crippen molar-refractivity contribution in [3.8, 4) is 5.88 Å². The number of nitrogens with zero attached hydrogens (tertiary/aromatic N) is 3. The maximum Gasteiger partial charge on any atom is 0.326 e. The van der Waals surface area contributed by atoms with Gasteiger partial charge >= 0.3 is 5.97 Å². The van der Waals surface area contributed by atoms with Crippen LogP contribution in [-0.4, -0.2) is 91.1 Å². The van der Waals surface area contributed by atoms with Crippen LogP contribution in [0.2, 0.25) is 0 Å². The first-order valence-electron chi connectivity index (χ1n) is 14.6. The van der Waals surface area contributed by atoms with Crippen LogP contribution in [0.15, 0.2) is 24.4 Å². The van der Waals surface area contributed by atoms with Crippen LogP contribution in [0.4, 0.5) is 14.6 Å². The topological polar surface area (TPSA) is 126 Å². The second-order valence-electron chi connectivity index (χ2n) is 11.1. The molecule has 0 radical (unpaired) electrons. The zero-order valence-electron chi connectivity index (χ0n) is 24.3. The number of nitrogens with one attached hydrogen (secondary N) is 2. The molecule has 12 heteroatoms. The summed E-state index contributed by atoms with van der Waals surface area (Å²) in [4.78, 5) is 36.1. The maximum absolute atomic E-state index is 14.0. The van der Waals surface area contributed by atoms with Crippen LogP contribution in [0.25, 0.3) is 0 Å². The van der Waals surface area contributed by atoms with Gasteiger partial charge in [-0.2, -0.15) is 0 Å². The number of anilines is 1. The highest BCUT2D eigenvalue weighted by Crippen LogP contribution is 2.51. The Hall–Kier alpha value is -3.38. The van der Waals surface area contributed by atoms with Crippen molar-refractivity contribution in [2.75, 3.05) is 52.4 Å². The van der Waals surface area contributed by atoms with E-state index in [2.05, 4.69) is 27.8 Å². The lowest BCUT2D eigenvalue weighted by Gasteiger charge is -2.27. The third kappa shape index (κ3) is 7.91. The first-order chi connectivity index (χ1) is 20.3. The Labute approximate surface area is 245 Å². The first-order valence-corrected chi connectivity index (χ1v) is 14.6. The van der Waals surface area contributed by atoms with Gasteiger partial charge in [0.2, 0.25) is 11.8 Å². The number of aliphatic carboxylic acids is 1. The molecule has 2 aliphatic rings. The minimum Gasteiger partial charge on any atom is -0.481 e. The van der Waals surface area contributed by atoms with E-state index in [1.54, 1.807) is 0 Å². The number of carboxylic acids is 1. The molecule has 3 heterocycles. The predicted molar refractivity (Wildman–Crippen MR) is 153 cm³/mol. The highest BCUT2D eigenvalue weighted by atomic mass is 19.1. The normalized spacial score (nSPS) is 16.7. The van der Waals surface area contributed by atoms with Gasteiger partial charge in [0.1, 0.15) is 24.4 Å². The highest BCUT2D eigenvalue weighted by molar-refractivity contribution is 5.94. The molecule has 4 rings (SSSR count). The van der Waals surface area contributed by atoms with E-state index in [4.69, 9.17) is 14.5 Å². The first kappa shape index (κ1) is 31.6. The number of alkyl halides is 1. The quantitative estimate of drug-likeness (QED) is 0.238. The molecule has 0 aromatic carbocycles. The largest absolute Gasteiger partial charge is 0.481 e. The van der Waals surface area contributed by atoms with E-state index >= 15 is 0 Å². The summed E-state index contributed by atoms with van der Waals surface area (Å²) in [6.45, 7) is 1.49. The number of hydrogen-bond donors (Lipinski definition) is 3. The molecule has 1 aliphatic carbocycles. The summed E-state index contributed by atoms with van der Waals surface area (Å²) in [5.74, 6) is -1.18. The fourth-order valence-electron chi connectivity index (χ4n) is 5.46. The van der Waals surface area contributed by atoms with Crippen molar-refractivity contribution in [1.82, 2.24) is 20.2 Å². The maximum atomic E-state index is 14.0. The Bertz CT molecular complexity index is 1220. The van der Waals surface area contributed by atoms with Crippen molar-refractivity contribution >= 4 is 17.7 Å². The number of methoxy groups -OCH3 is 2. The summed E-state index contributed by atoms with van der Waals surface area (Å²) in [5.41, 5.74) is 1.49. The van der Waals surface area contributed by atoms with E-state index in [1.807, 2.05) is 4.90 Å². The Morgan fingerprint density at radius 1 is 1.24 bits per heavy atom. The van der Waals surface area contributed by atoms with Gasteiger partial charge in [0.15, 0.2) is 0 Å². The number of pyridine rings is 2. The number of aryl methyl sites for hydroxylation is 2. The number of carboxylic acid groups (broad SMARTS) is 1. The second kappa shape index (κ2) is 14.7. The Kier molecular flexibility index (Phi) is 11.0. The molecule has 42 heavy (non-hydrogen) atoms. The van der Waals surface area contributed by atoms with Gasteiger partial charge in [0, 0.05) is 38.0 Å². The Morgan fingerprint density at radius 2 is 2.05 bits per heavy atom. The minimum atomic E-state index is -1.18. The van der Waals surface area contributed by atoms with Crippen molar-refractivity contribution in [1.29, 1.82) is 0 Å². The van der Waals surface area contributed by atoms with Crippen LogP contribution >= 0.6 is 0 Å². The van der Waals surface area contributed by atoms with Gasteiger partial charge in [-0.1, -0.05) is 6.07 Å². The number of fused-ring (bicyclic) bond motifs is 1. The van der Waals surface area contributed by atoms with E-state index in [-0.39, 0.29) is 12.3 Å². The molecule has 1 aliphatic heterocycles. The zero-order chi connectivity index (χ0) is 30.1. The SMILES string of the molecule is COc1ncc(F)cc1C1(C(=O)NC(CCN(CCCCc2ccc3c(n2)NCCC3)CC(CF)OC)C(=O)O)CC1. The molecule has 0 saturated heterocycles. The number of carbonyl (C=O) groups excluding carboxylic acids is 1. The number of unbranched alkanes of at least 4 members (excludes halogenated alkanes) is 1. The van der Waals surface area contributed by atoms with Gasteiger partial charge in [-0.05, 0) is 75.6 Å². The molecule has 0 bridgehead atoms. The van der Waals surface area contributed by atoms with E-state index < -0.39 is 41.9 Å². The van der Waals surface area contributed by atoms with Crippen molar-refractivity contribution in [3.63, 3.8) is 0 Å². The highest BCUT2D eigenvalue weighted by Gasteiger charge is 2.54. The lowest BCUT2D eigenvalue weighted by molar-refractivity contribution is -0.142. The number of amides is 1. The fourth-order valence-corrected chi connectivity index (χ4v) is 5.46. The summed E-state index contributed by atoms with van der Waals surface area (Å²) in [6.07, 6.45) is 5.95. The van der Waals surface area contributed by atoms with Gasteiger partial charge in [-0.15, -0.1) is 0 Å². The molecule has 2 unspecified atom stereocenters. The average Bonchev–Trinajstić information content (AvgIpc) is 3.81. The molecule has 2 aromatic heterocycles. The standard InChI is InChI=1S/C30H41F2N5O5/c1-41-23(17-31)19-37(14-4-3-7-22-9-8-20-6-5-13-33-26(20)35-22)15-10-25(28(38)39)36-29(40)30(11-12-30)24-16-21(32)18-34-27(24)42-2/h8-9,16,18,23,25H,3-7,10-15,17,19H2,1-2H3,(H,33,35)(H,36,40)(H,38,39). The lowest BCUT2D eigenvalue weighted by Crippen LogP contribution is -2.47. The summed E-state index contributed by atoms with van der Waals surface area (Å²) >= 11 is 0. The predicted octanol–water partition coefficient (Wildman–Crippen LogP) is 3.28. The number of aromatic nitrogens is 2. The number of rotatable bonds is 17. The number of halogens is 2. The molecular formula is C30H41F2N5O5. The smallest absolute Gasteiger partial charge is 0.326 e. The third-order valence-electron chi connectivity index (χ3n) is 8.13. The summed E-state index contributed by atoms with van der Waals surface area (Å²) in [6, 6.07) is 4.24. The fraction of sp³-hybridized carbons (Fsp3) is 0.600. The molecular weight excluding hydrogens is 548 g/mol. The lowest BCUT2D eigenvalue weighted by atomic mass is 9.95. The average molecular weight is 590 g/mol.